The van der Waals surface area contributed by atoms with Crippen LogP contribution in [-0.4, -0.2) is 123 Å². The van der Waals surface area contributed by atoms with Crippen molar-refractivity contribution in [3.8, 4) is 0 Å². The molecule has 1 aliphatic heterocycles. The maximum absolute atomic E-state index is 10.5. The largest absolute Gasteiger partial charge is 0.394 e. The topological polar surface area (TPSA) is 179 Å². The molecule has 1 heterocycles. The minimum atomic E-state index is -1.60. The normalized spacial score (nSPS) is 31.3. The number of unbranched alkanes of at least 4 members (excludes halogenated alkanes) is 2. The lowest BCUT2D eigenvalue weighted by molar-refractivity contribution is -0.341. The van der Waals surface area contributed by atoms with Crippen molar-refractivity contribution >= 4 is 12.6 Å². The van der Waals surface area contributed by atoms with Gasteiger partial charge in [-0.25, -0.2) is 0 Å². The fourth-order valence-corrected chi connectivity index (χ4v) is 3.11. The Labute approximate surface area is 181 Å². The van der Waals surface area contributed by atoms with Crippen LogP contribution in [0.15, 0.2) is 0 Å². The van der Waals surface area contributed by atoms with E-state index in [2.05, 4.69) is 12.6 Å². The Morgan fingerprint density at radius 3 is 2.23 bits per heavy atom. The second-order valence-corrected chi connectivity index (χ2v) is 7.63. The molecule has 30 heavy (non-hydrogen) atoms. The zero-order valence-electron chi connectivity index (χ0n) is 17.1. The first-order valence-electron chi connectivity index (χ1n) is 10.0. The zero-order chi connectivity index (χ0) is 22.7. The summed E-state index contributed by atoms with van der Waals surface area (Å²) in [6.45, 7) is -0.366. The quantitative estimate of drug-likeness (QED) is 0.0728. The molecule has 0 spiro atoms. The highest BCUT2D eigenvalue weighted by Crippen LogP contribution is 2.27. The van der Waals surface area contributed by atoms with Crippen LogP contribution in [-0.2, 0) is 18.9 Å². The van der Waals surface area contributed by atoms with Gasteiger partial charge in [-0.3, -0.25) is 0 Å². The molecule has 0 amide bonds. The Bertz CT molecular complexity index is 442. The van der Waals surface area contributed by atoms with Gasteiger partial charge in [0.05, 0.1) is 25.9 Å². The summed E-state index contributed by atoms with van der Waals surface area (Å²) < 4.78 is 21.8. The number of hydrogen-bond acceptors (Lipinski definition) is 12. The van der Waals surface area contributed by atoms with E-state index in [-0.39, 0.29) is 6.61 Å². The number of rotatable bonds is 15. The first-order valence-corrected chi connectivity index (χ1v) is 10.7. The van der Waals surface area contributed by atoms with Gasteiger partial charge in [0.25, 0.3) is 0 Å². The van der Waals surface area contributed by atoms with Crippen LogP contribution in [0.4, 0.5) is 0 Å². The fourth-order valence-electron chi connectivity index (χ4n) is 2.88. The van der Waals surface area contributed by atoms with Crippen molar-refractivity contribution < 1.29 is 54.7 Å². The van der Waals surface area contributed by atoms with Crippen molar-refractivity contribution in [1.29, 1.82) is 0 Å². The molecule has 1 saturated heterocycles. The van der Waals surface area contributed by atoms with Crippen molar-refractivity contribution in [3.05, 3.63) is 0 Å². The molecule has 7 unspecified atom stereocenters. The van der Waals surface area contributed by atoms with E-state index in [1.807, 2.05) is 0 Å². The molecule has 1 fully saturated rings. The van der Waals surface area contributed by atoms with E-state index in [4.69, 9.17) is 18.9 Å². The number of ether oxygens (including phenoxy) is 4. The van der Waals surface area contributed by atoms with Crippen LogP contribution in [0.25, 0.3) is 0 Å². The summed E-state index contributed by atoms with van der Waals surface area (Å²) in [5.74, 6) is 0.752. The highest BCUT2D eigenvalue weighted by Gasteiger charge is 2.47. The van der Waals surface area contributed by atoms with E-state index in [9.17, 15) is 35.7 Å². The number of thiol groups is 1. The summed E-state index contributed by atoms with van der Waals surface area (Å²) in [4.78, 5) is 0. The lowest BCUT2D eigenvalue weighted by Gasteiger charge is -2.43. The molecule has 0 aliphatic carbocycles. The average molecular weight is 461 g/mol. The first-order chi connectivity index (χ1) is 14.3. The Hall–Kier alpha value is -0.0900. The molecule has 9 atom stereocenters. The third-order valence-electron chi connectivity index (χ3n) is 4.72. The van der Waals surface area contributed by atoms with Crippen LogP contribution in [0.2, 0.25) is 0 Å². The molecule has 180 valence electrons. The van der Waals surface area contributed by atoms with Gasteiger partial charge in [-0.15, -0.1) is 0 Å². The summed E-state index contributed by atoms with van der Waals surface area (Å²) in [5.41, 5.74) is 0. The molecule has 1 rings (SSSR count). The maximum Gasteiger partial charge on any atom is 0.186 e. The van der Waals surface area contributed by atoms with Gasteiger partial charge in [0, 0.05) is 6.61 Å². The van der Waals surface area contributed by atoms with Crippen molar-refractivity contribution in [1.82, 2.24) is 0 Å². The van der Waals surface area contributed by atoms with E-state index < -0.39 is 75.1 Å². The van der Waals surface area contributed by atoms with Crippen LogP contribution < -0.4 is 0 Å². The van der Waals surface area contributed by atoms with Gasteiger partial charge in [0.1, 0.15) is 36.6 Å². The van der Waals surface area contributed by atoms with Gasteiger partial charge in [-0.1, -0.05) is 6.42 Å². The smallest absolute Gasteiger partial charge is 0.186 e. The first kappa shape index (κ1) is 27.9. The Morgan fingerprint density at radius 2 is 1.70 bits per heavy atom. The van der Waals surface area contributed by atoms with Crippen LogP contribution in [0.1, 0.15) is 26.2 Å². The molecule has 12 heteroatoms. The van der Waals surface area contributed by atoms with E-state index >= 15 is 0 Å². The van der Waals surface area contributed by atoms with Crippen LogP contribution in [0.5, 0.6) is 0 Å². The van der Waals surface area contributed by atoms with Gasteiger partial charge in [0.2, 0.25) is 0 Å². The second kappa shape index (κ2) is 14.9. The summed E-state index contributed by atoms with van der Waals surface area (Å²) in [5, 5.41) is 68.7. The average Bonchev–Trinajstić information content (AvgIpc) is 2.74. The standard InChI is InChI=1S/C18H36O11S/c1-10(22)12(8-20)27-17(11(23)7-19)29-16-13(9-21)28-18(15(25)14(16)24)26-5-3-2-4-6-30/h10-25,30H,2-9H2,1H3/t10-,11+,12?,13?,14?,15?,16?,17?,18?/m1/s1. The number of hydrogen-bond donors (Lipinski definition) is 8. The minimum Gasteiger partial charge on any atom is -0.394 e. The summed E-state index contributed by atoms with van der Waals surface area (Å²) in [7, 11) is 0. The molecule has 0 aromatic carbocycles. The molecule has 0 radical (unpaired) electrons. The van der Waals surface area contributed by atoms with Crippen LogP contribution in [0, 0.1) is 0 Å². The fraction of sp³-hybridized carbons (Fsp3) is 1.00. The van der Waals surface area contributed by atoms with Crippen molar-refractivity contribution in [2.75, 3.05) is 32.2 Å². The predicted octanol–water partition coefficient (Wildman–Crippen LogP) is -2.64. The molecule has 7 N–H and O–H groups in total. The van der Waals surface area contributed by atoms with Crippen LogP contribution >= 0.6 is 12.6 Å². The monoisotopic (exact) mass is 460 g/mol. The van der Waals surface area contributed by atoms with E-state index in [0.29, 0.717) is 6.42 Å². The SMILES string of the molecule is C[C@@H](O)C(CO)OC(OC1C(CO)OC(OCCCCCS)C(O)C1O)[C@@H](O)CO. The summed E-state index contributed by atoms with van der Waals surface area (Å²) in [6, 6.07) is 0. The highest BCUT2D eigenvalue weighted by atomic mass is 32.1. The van der Waals surface area contributed by atoms with Gasteiger partial charge in [0.15, 0.2) is 12.6 Å². The Kier molecular flexibility index (Phi) is 13.9. The van der Waals surface area contributed by atoms with Gasteiger partial charge >= 0.3 is 0 Å². The van der Waals surface area contributed by atoms with Gasteiger partial charge < -0.3 is 54.7 Å². The Morgan fingerprint density at radius 1 is 1.00 bits per heavy atom. The zero-order valence-corrected chi connectivity index (χ0v) is 18.0. The van der Waals surface area contributed by atoms with Crippen molar-refractivity contribution in [3.63, 3.8) is 0 Å². The molecule has 11 nitrogen and oxygen atoms in total. The molecule has 0 bridgehead atoms. The molecule has 0 aromatic rings. The molecular weight excluding hydrogens is 424 g/mol. The molecule has 0 aromatic heterocycles. The second-order valence-electron chi connectivity index (χ2n) is 7.18. The van der Waals surface area contributed by atoms with Gasteiger partial charge in [-0.05, 0) is 25.5 Å². The van der Waals surface area contributed by atoms with Gasteiger partial charge in [-0.2, -0.15) is 12.6 Å². The van der Waals surface area contributed by atoms with Crippen molar-refractivity contribution in [2.24, 2.45) is 0 Å². The predicted molar refractivity (Wildman–Crippen MR) is 107 cm³/mol. The number of aliphatic hydroxyl groups is 7. The minimum absolute atomic E-state index is 0.271. The molecular formula is C18H36O11S. The molecule has 1 aliphatic rings. The Balaban J connectivity index is 2.80. The molecule has 0 saturated carbocycles. The summed E-state index contributed by atoms with van der Waals surface area (Å²) >= 11 is 4.12. The van der Waals surface area contributed by atoms with E-state index in [1.54, 1.807) is 0 Å². The maximum atomic E-state index is 10.5. The van der Waals surface area contributed by atoms with E-state index in [1.165, 1.54) is 6.92 Å². The lowest BCUT2D eigenvalue weighted by atomic mass is 9.99. The van der Waals surface area contributed by atoms with Crippen LogP contribution in [0.3, 0.4) is 0 Å². The highest BCUT2D eigenvalue weighted by molar-refractivity contribution is 7.80. The lowest BCUT2D eigenvalue weighted by Crippen LogP contribution is -2.61. The third-order valence-corrected chi connectivity index (χ3v) is 5.04. The van der Waals surface area contributed by atoms with Crippen molar-refractivity contribution in [2.45, 2.75) is 81.5 Å². The van der Waals surface area contributed by atoms with E-state index in [0.717, 1.165) is 18.6 Å². The third kappa shape index (κ3) is 8.45. The number of aliphatic hydroxyl groups excluding tert-OH is 7. The summed E-state index contributed by atoms with van der Waals surface area (Å²) in [6.07, 6.45) is -9.75.